The fourth-order valence-electron chi connectivity index (χ4n) is 3.25. The van der Waals surface area contributed by atoms with Crippen molar-refractivity contribution < 1.29 is 0 Å². The molecule has 0 aromatic heterocycles. The normalized spacial score (nSPS) is 19.2. The molecule has 4 N–H and O–H groups in total. The molecule has 0 aliphatic carbocycles. The molecule has 1 aliphatic heterocycles. The Kier molecular flexibility index (Phi) is 5.57. The van der Waals surface area contributed by atoms with Crippen molar-refractivity contribution in [2.24, 2.45) is 5.73 Å². The number of nitrogens with zero attached hydrogens (tertiary/aromatic N) is 1. The Morgan fingerprint density at radius 3 is 2.60 bits per heavy atom. The topological polar surface area (TPSA) is 53.3 Å². The summed E-state index contributed by atoms with van der Waals surface area (Å²) in [5, 5.41) is 6.49. The minimum absolute atomic E-state index is 0.168. The van der Waals surface area contributed by atoms with Crippen LogP contribution in [0, 0.1) is 0 Å². The van der Waals surface area contributed by atoms with Crippen LogP contribution in [0.1, 0.15) is 30.5 Å². The second kappa shape index (κ2) is 7.68. The second-order valence-electron chi connectivity index (χ2n) is 6.13. The van der Waals surface area contributed by atoms with Gasteiger partial charge in [-0.15, -0.1) is 0 Å². The van der Waals surface area contributed by atoms with E-state index in [0.717, 1.165) is 45.1 Å². The van der Waals surface area contributed by atoms with Gasteiger partial charge in [0.2, 0.25) is 0 Å². The van der Waals surface area contributed by atoms with Gasteiger partial charge in [-0.2, -0.15) is 0 Å². The molecule has 0 fully saturated rings. The van der Waals surface area contributed by atoms with E-state index in [0.29, 0.717) is 0 Å². The Bertz CT molecular complexity index is 785. The number of nitrogens with one attached hydrogen (secondary N) is 2. The third kappa shape index (κ3) is 3.94. The third-order valence-electron chi connectivity index (χ3n) is 4.38. The smallest absolute Gasteiger partial charge is 0.0779 e. The fraction of sp³-hybridized carbons (Fsp3) is 0.263. The highest BCUT2D eigenvalue weighted by atomic mass is 79.9. The Labute approximate surface area is 162 Å². The van der Waals surface area contributed by atoms with Gasteiger partial charge in [0, 0.05) is 40.0 Å². The number of fused-ring (bicyclic) bond motifs is 1. The molecule has 0 amide bonds. The zero-order valence-corrected chi connectivity index (χ0v) is 16.7. The number of anilines is 1. The molecule has 0 bridgehead atoms. The number of halogens is 2. The summed E-state index contributed by atoms with van der Waals surface area (Å²) in [7, 11) is 1.93. The molecule has 1 unspecified atom stereocenters. The molecule has 0 saturated carbocycles. The van der Waals surface area contributed by atoms with Crippen molar-refractivity contribution >= 4 is 38.9 Å². The monoisotopic (exact) mass is 420 g/mol. The van der Waals surface area contributed by atoms with Crippen molar-refractivity contribution in [3.63, 3.8) is 0 Å². The van der Waals surface area contributed by atoms with E-state index in [1.54, 1.807) is 0 Å². The summed E-state index contributed by atoms with van der Waals surface area (Å²) >= 11 is 9.61. The van der Waals surface area contributed by atoms with Gasteiger partial charge >= 0.3 is 0 Å². The van der Waals surface area contributed by atoms with Gasteiger partial charge < -0.3 is 16.1 Å². The standard InChI is InChI=1S/C19H22BrClN4/c1-12(22)19-16-8-3-13(20)11-17(16)18(9-10-25(19)23-2)24-15-6-4-14(21)5-7-15/h3-8,11,18,23-24H,9-10,22H2,1-2H3/b19-12-. The summed E-state index contributed by atoms with van der Waals surface area (Å²) in [5.74, 6) is 0. The molecule has 4 nitrogen and oxygen atoms in total. The van der Waals surface area contributed by atoms with E-state index in [-0.39, 0.29) is 6.04 Å². The van der Waals surface area contributed by atoms with Crippen molar-refractivity contribution in [3.8, 4) is 0 Å². The van der Waals surface area contributed by atoms with Crippen molar-refractivity contribution in [2.45, 2.75) is 19.4 Å². The number of nitrogens with two attached hydrogens (primary N) is 1. The SMILES string of the molecule is CNN1CCC(Nc2ccc(Cl)cc2)c2cc(Br)ccc2/C1=C(\C)N. The van der Waals surface area contributed by atoms with Crippen LogP contribution in [0.3, 0.4) is 0 Å². The molecule has 1 atom stereocenters. The summed E-state index contributed by atoms with van der Waals surface area (Å²) in [6.07, 6.45) is 0.934. The lowest BCUT2D eigenvalue weighted by molar-refractivity contribution is 0.311. The Morgan fingerprint density at radius 2 is 1.96 bits per heavy atom. The first-order chi connectivity index (χ1) is 12.0. The fourth-order valence-corrected chi connectivity index (χ4v) is 3.76. The minimum atomic E-state index is 0.168. The number of hydrazine groups is 1. The summed E-state index contributed by atoms with van der Waals surface area (Å²) < 4.78 is 1.06. The van der Waals surface area contributed by atoms with Gasteiger partial charge in [0.25, 0.3) is 0 Å². The second-order valence-corrected chi connectivity index (χ2v) is 7.48. The van der Waals surface area contributed by atoms with Crippen LogP contribution >= 0.6 is 27.5 Å². The maximum atomic E-state index is 6.22. The van der Waals surface area contributed by atoms with E-state index < -0.39 is 0 Å². The molecule has 6 heteroatoms. The highest BCUT2D eigenvalue weighted by molar-refractivity contribution is 9.10. The molecule has 3 rings (SSSR count). The lowest BCUT2D eigenvalue weighted by Gasteiger charge is -2.26. The lowest BCUT2D eigenvalue weighted by atomic mass is 9.97. The van der Waals surface area contributed by atoms with Crippen LogP contribution in [0.2, 0.25) is 5.02 Å². The van der Waals surface area contributed by atoms with Crippen LogP contribution in [0.5, 0.6) is 0 Å². The van der Waals surface area contributed by atoms with Crippen molar-refractivity contribution in [1.82, 2.24) is 10.4 Å². The Balaban J connectivity index is 2.05. The largest absolute Gasteiger partial charge is 0.401 e. The molecule has 2 aromatic rings. The lowest BCUT2D eigenvalue weighted by Crippen LogP contribution is -2.35. The average Bonchev–Trinajstić information content (AvgIpc) is 2.73. The zero-order chi connectivity index (χ0) is 18.0. The maximum Gasteiger partial charge on any atom is 0.0779 e. The van der Waals surface area contributed by atoms with Crippen LogP contribution in [0.4, 0.5) is 5.69 Å². The van der Waals surface area contributed by atoms with Gasteiger partial charge in [-0.05, 0) is 55.3 Å². The van der Waals surface area contributed by atoms with Crippen LogP contribution in [-0.4, -0.2) is 18.6 Å². The predicted molar refractivity (Wildman–Crippen MR) is 109 cm³/mol. The van der Waals surface area contributed by atoms with Gasteiger partial charge in [0.05, 0.1) is 11.7 Å². The molecule has 132 valence electrons. The molecular weight excluding hydrogens is 400 g/mol. The Morgan fingerprint density at radius 1 is 1.24 bits per heavy atom. The molecular formula is C19H22BrClN4. The van der Waals surface area contributed by atoms with E-state index in [1.807, 2.05) is 38.2 Å². The van der Waals surface area contributed by atoms with E-state index in [1.165, 1.54) is 5.56 Å². The van der Waals surface area contributed by atoms with Gasteiger partial charge in [-0.25, -0.2) is 5.43 Å². The van der Waals surface area contributed by atoms with Crippen LogP contribution in [-0.2, 0) is 0 Å². The van der Waals surface area contributed by atoms with Crippen LogP contribution in [0.25, 0.3) is 5.70 Å². The average molecular weight is 422 g/mol. The van der Waals surface area contributed by atoms with Crippen LogP contribution < -0.4 is 16.5 Å². The summed E-state index contributed by atoms with van der Waals surface area (Å²) in [6, 6.07) is 14.3. The highest BCUT2D eigenvalue weighted by Gasteiger charge is 2.26. The minimum Gasteiger partial charge on any atom is -0.401 e. The maximum absolute atomic E-state index is 6.22. The first kappa shape index (κ1) is 18.1. The number of allylic oxidation sites excluding steroid dienone is 1. The number of hydrogen-bond donors (Lipinski definition) is 3. The number of hydrogen-bond acceptors (Lipinski definition) is 4. The van der Waals surface area contributed by atoms with Gasteiger partial charge in [-0.3, -0.25) is 0 Å². The molecule has 25 heavy (non-hydrogen) atoms. The third-order valence-corrected chi connectivity index (χ3v) is 5.13. The van der Waals surface area contributed by atoms with Gasteiger partial charge in [-0.1, -0.05) is 33.6 Å². The summed E-state index contributed by atoms with van der Waals surface area (Å²) in [6.45, 7) is 2.79. The Hall–Kier alpha value is -1.69. The van der Waals surface area contributed by atoms with E-state index >= 15 is 0 Å². The van der Waals surface area contributed by atoms with E-state index in [2.05, 4.69) is 49.9 Å². The first-order valence-corrected chi connectivity index (χ1v) is 9.40. The zero-order valence-electron chi connectivity index (χ0n) is 14.3. The summed E-state index contributed by atoms with van der Waals surface area (Å²) in [4.78, 5) is 0. The molecule has 1 aliphatic rings. The van der Waals surface area contributed by atoms with Crippen molar-refractivity contribution in [3.05, 3.63) is 68.8 Å². The van der Waals surface area contributed by atoms with Crippen LogP contribution in [0.15, 0.2) is 52.6 Å². The van der Waals surface area contributed by atoms with Gasteiger partial charge in [0.1, 0.15) is 0 Å². The molecule has 0 saturated heterocycles. The van der Waals surface area contributed by atoms with Crippen molar-refractivity contribution in [2.75, 3.05) is 18.9 Å². The summed E-state index contributed by atoms with van der Waals surface area (Å²) in [5.41, 5.74) is 14.7. The molecule has 0 radical (unpaired) electrons. The molecule has 1 heterocycles. The van der Waals surface area contributed by atoms with Gasteiger partial charge in [0.15, 0.2) is 0 Å². The first-order valence-electron chi connectivity index (χ1n) is 8.23. The van der Waals surface area contributed by atoms with E-state index in [9.17, 15) is 0 Å². The predicted octanol–water partition coefficient (Wildman–Crippen LogP) is 4.74. The number of rotatable bonds is 3. The van der Waals surface area contributed by atoms with E-state index in [4.69, 9.17) is 17.3 Å². The quantitative estimate of drug-likeness (QED) is 0.670. The molecule has 2 aromatic carbocycles. The molecule has 0 spiro atoms. The van der Waals surface area contributed by atoms with Crippen molar-refractivity contribution in [1.29, 1.82) is 0 Å². The number of benzene rings is 2. The highest BCUT2D eigenvalue weighted by Crippen LogP contribution is 2.36.